The number of rotatable bonds is 16. The molecule has 0 spiro atoms. The maximum Gasteiger partial charge on any atom is 0.254 e. The van der Waals surface area contributed by atoms with E-state index >= 15 is 0 Å². The average molecular weight is 946 g/mol. The van der Waals surface area contributed by atoms with E-state index in [9.17, 15) is 13.6 Å². The maximum atomic E-state index is 14.9. The van der Waals surface area contributed by atoms with Gasteiger partial charge in [-0.3, -0.25) is 9.48 Å². The van der Waals surface area contributed by atoms with Crippen LogP contribution in [0.1, 0.15) is 218 Å². The summed E-state index contributed by atoms with van der Waals surface area (Å²) in [4.78, 5) is 12.8. The summed E-state index contributed by atoms with van der Waals surface area (Å²) in [6.45, 7) is 28.0. The lowest BCUT2D eigenvalue weighted by molar-refractivity contribution is 0.0935. The van der Waals surface area contributed by atoms with Crippen LogP contribution in [0.3, 0.4) is 0 Å². The van der Waals surface area contributed by atoms with E-state index < -0.39 is 17.5 Å². The average Bonchev–Trinajstić information content (AvgIpc) is 3.90. The first-order valence-corrected chi connectivity index (χ1v) is 26.5. The highest BCUT2D eigenvalue weighted by atomic mass is 19.2. The molecular weight excluding hydrogens is 853 g/mol. The first-order chi connectivity index (χ1) is 32.6. The maximum absolute atomic E-state index is 14.9. The second-order valence-electron chi connectivity index (χ2n) is 19.2. The molecule has 3 saturated carbocycles. The summed E-state index contributed by atoms with van der Waals surface area (Å²) in [5.41, 5.74) is 4.80. The molecule has 7 rings (SSSR count). The molecule has 1 N–H and O–H groups in total. The molecule has 0 radical (unpaired) electrons. The number of amides is 1. The second-order valence-corrected chi connectivity index (χ2v) is 19.2. The molecule has 1 atom stereocenters. The predicted octanol–water partition coefficient (Wildman–Crippen LogP) is 17.6. The Balaban J connectivity index is 0.000000442. The lowest BCUT2D eigenvalue weighted by Crippen LogP contribution is -2.32. The van der Waals surface area contributed by atoms with E-state index in [0.717, 1.165) is 48.1 Å². The number of benzene rings is 3. The van der Waals surface area contributed by atoms with E-state index in [4.69, 9.17) is 19.3 Å². The molecule has 9 heteroatoms. The lowest BCUT2D eigenvalue weighted by atomic mass is 9.86. The molecule has 1 amide bonds. The summed E-state index contributed by atoms with van der Waals surface area (Å²) in [6, 6.07) is 15.1. The fourth-order valence-corrected chi connectivity index (χ4v) is 7.61. The number of aryl methyl sites for hydroxylation is 2. The number of hydrogen-bond donors (Lipinski definition) is 1. The van der Waals surface area contributed by atoms with Gasteiger partial charge in [0.1, 0.15) is 18.0 Å². The summed E-state index contributed by atoms with van der Waals surface area (Å²) >= 11 is 0. The Kier molecular flexibility index (Phi) is 28.5. The van der Waals surface area contributed by atoms with E-state index in [1.807, 2.05) is 13.8 Å². The normalized spacial score (nSPS) is 16.7. The van der Waals surface area contributed by atoms with Gasteiger partial charge in [0.25, 0.3) is 5.91 Å². The Morgan fingerprint density at radius 3 is 2.04 bits per heavy atom. The summed E-state index contributed by atoms with van der Waals surface area (Å²) in [5, 5.41) is 8.71. The molecule has 3 aliphatic carbocycles. The molecule has 68 heavy (non-hydrogen) atoms. The number of allylic oxidation sites excluding steroid dienone is 2. The largest absolute Gasteiger partial charge is 0.497 e. The molecule has 0 aliphatic heterocycles. The monoisotopic (exact) mass is 946 g/mol. The van der Waals surface area contributed by atoms with Crippen LogP contribution in [0.5, 0.6) is 11.5 Å². The van der Waals surface area contributed by atoms with Crippen LogP contribution in [0.4, 0.5) is 8.78 Å². The van der Waals surface area contributed by atoms with Crippen molar-refractivity contribution in [1.29, 1.82) is 0 Å². The summed E-state index contributed by atoms with van der Waals surface area (Å²) < 4.78 is 48.4. The van der Waals surface area contributed by atoms with E-state index in [-0.39, 0.29) is 29.4 Å². The number of unbranched alkanes of at least 4 members (excludes halogenated alkanes) is 3. The molecule has 1 aromatic heterocycles. The molecule has 0 saturated heterocycles. The van der Waals surface area contributed by atoms with Crippen LogP contribution in [-0.2, 0) is 11.3 Å². The Morgan fingerprint density at radius 2 is 1.51 bits per heavy atom. The van der Waals surface area contributed by atoms with Gasteiger partial charge in [-0.15, -0.1) is 0 Å². The molecule has 3 aromatic carbocycles. The highest BCUT2D eigenvalue weighted by Crippen LogP contribution is 2.42. The third-order valence-corrected chi connectivity index (χ3v) is 12.9. The fourth-order valence-electron chi connectivity index (χ4n) is 7.61. The minimum absolute atomic E-state index is 0.0591. The van der Waals surface area contributed by atoms with E-state index in [0.29, 0.717) is 23.9 Å². The first kappa shape index (κ1) is 59.7. The van der Waals surface area contributed by atoms with Crippen molar-refractivity contribution in [2.24, 2.45) is 11.8 Å². The van der Waals surface area contributed by atoms with Gasteiger partial charge in [0, 0.05) is 18.1 Å². The summed E-state index contributed by atoms with van der Waals surface area (Å²) in [7, 11) is 1.57. The number of aromatic nitrogens is 2. The predicted molar refractivity (Wildman–Crippen MR) is 283 cm³/mol. The zero-order valence-electron chi connectivity index (χ0n) is 45.1. The van der Waals surface area contributed by atoms with Crippen molar-refractivity contribution in [3.8, 4) is 11.5 Å². The Labute approximate surface area is 412 Å². The van der Waals surface area contributed by atoms with Crippen LogP contribution in [0.25, 0.3) is 10.9 Å². The Bertz CT molecular complexity index is 2040. The van der Waals surface area contributed by atoms with Crippen molar-refractivity contribution < 1.29 is 27.8 Å². The van der Waals surface area contributed by atoms with Crippen LogP contribution in [-0.4, -0.2) is 34.9 Å². The topological polar surface area (TPSA) is 74.6 Å². The fraction of sp³-hybridized carbons (Fsp3) is 0.627. The van der Waals surface area contributed by atoms with Crippen molar-refractivity contribution in [3.05, 3.63) is 99.9 Å². The quantitative estimate of drug-likeness (QED) is 0.0895. The van der Waals surface area contributed by atoms with Crippen molar-refractivity contribution >= 4 is 16.8 Å². The molecule has 1 unspecified atom stereocenters. The standard InChI is InChI=1S/C31H33F2N3O3.C10H16O.C9H20.C4H10.C3H8.C2H6/c1-19-4-9-23-17-36(35-27(23)14-19)24-10-5-21(6-11-24)16-34-31(37)26-15-20(2)30(29(33)28(26)32)39-18-22-7-12-25(38-3)13-8-22;1-8(9-4-3-5-9)11-10(2)6-7-10;1-4-6-7-8-9(3)5-2;1-3-4-2;1-3-2;1-2/h4,7-9,12-15,17,21,24H,5-6,10-11,16,18H2,1-3H3,(H,34,37);3-7H2,1-2H3;9H,4-8H2,1-3H3;3-4H2,1-2H3;3H2,1-2H3;1-2H3. The van der Waals surface area contributed by atoms with Gasteiger partial charge in [-0.1, -0.05) is 138 Å². The zero-order chi connectivity index (χ0) is 50.6. The third kappa shape index (κ3) is 20.7. The Hall–Kier alpha value is -4.40. The highest BCUT2D eigenvalue weighted by molar-refractivity contribution is 5.95. The van der Waals surface area contributed by atoms with Crippen molar-refractivity contribution in [2.45, 2.75) is 217 Å². The van der Waals surface area contributed by atoms with Crippen molar-refractivity contribution in [1.82, 2.24) is 15.1 Å². The number of ether oxygens (including phenoxy) is 3. The molecule has 4 aromatic rings. The summed E-state index contributed by atoms with van der Waals surface area (Å²) in [5.74, 6) is -0.0290. The number of nitrogens with one attached hydrogen (secondary N) is 1. The van der Waals surface area contributed by atoms with Gasteiger partial charge in [-0.2, -0.15) is 9.49 Å². The van der Waals surface area contributed by atoms with Crippen LogP contribution >= 0.6 is 0 Å². The van der Waals surface area contributed by atoms with Crippen molar-refractivity contribution in [2.75, 3.05) is 13.7 Å². The van der Waals surface area contributed by atoms with Gasteiger partial charge in [-0.05, 0) is 144 Å². The van der Waals surface area contributed by atoms with E-state index in [1.54, 1.807) is 43.9 Å². The number of nitrogens with zero attached hydrogens (tertiary/aromatic N) is 2. The van der Waals surface area contributed by atoms with Crippen LogP contribution in [0.15, 0.2) is 66.1 Å². The van der Waals surface area contributed by atoms with Gasteiger partial charge >= 0.3 is 0 Å². The van der Waals surface area contributed by atoms with Gasteiger partial charge in [0.15, 0.2) is 11.6 Å². The molecule has 3 aliphatic rings. The first-order valence-electron chi connectivity index (χ1n) is 26.5. The molecule has 1 heterocycles. The third-order valence-electron chi connectivity index (χ3n) is 12.9. The molecule has 382 valence electrons. The van der Waals surface area contributed by atoms with Gasteiger partial charge in [-0.25, -0.2) is 4.39 Å². The van der Waals surface area contributed by atoms with Crippen LogP contribution < -0.4 is 14.8 Å². The van der Waals surface area contributed by atoms with Gasteiger partial charge in [0.2, 0.25) is 5.82 Å². The van der Waals surface area contributed by atoms with Gasteiger partial charge < -0.3 is 19.5 Å². The minimum Gasteiger partial charge on any atom is -0.497 e. The number of halogens is 2. The zero-order valence-corrected chi connectivity index (χ0v) is 45.1. The second kappa shape index (κ2) is 32.4. The van der Waals surface area contributed by atoms with Gasteiger partial charge in [0.05, 0.1) is 30.0 Å². The van der Waals surface area contributed by atoms with Crippen LogP contribution in [0, 0.1) is 37.3 Å². The molecule has 3 fully saturated rings. The number of fused-ring (bicyclic) bond motifs is 1. The molecular formula is C59H93F2N3O4. The minimum atomic E-state index is -1.20. The lowest BCUT2D eigenvalue weighted by Gasteiger charge is -2.28. The number of carbonyl (C=O) groups excluding carboxylic acids is 1. The number of hydrogen-bond acceptors (Lipinski definition) is 5. The SMILES string of the molecule is CC.CC(OC1(C)CC1)=C1CCC1.CCC.CCCC.CCCCCC(C)CC.COc1ccc(COc2c(C)cc(C(=O)NCC3CCC(n4cc5ccc(C)cc5n4)CC3)c(F)c2F)cc1. The van der Waals surface area contributed by atoms with E-state index in [2.05, 4.69) is 104 Å². The summed E-state index contributed by atoms with van der Waals surface area (Å²) in [6.07, 6.45) is 23.2. The molecule has 7 nitrogen and oxygen atoms in total. The molecule has 0 bridgehead atoms. The van der Waals surface area contributed by atoms with Crippen molar-refractivity contribution in [3.63, 3.8) is 0 Å². The number of carbonyl (C=O) groups is 1. The van der Waals surface area contributed by atoms with E-state index in [1.165, 1.54) is 101 Å². The number of methoxy groups -OCH3 is 1. The highest BCUT2D eigenvalue weighted by Gasteiger charge is 2.40. The Morgan fingerprint density at radius 1 is 0.882 bits per heavy atom. The smallest absolute Gasteiger partial charge is 0.254 e. The van der Waals surface area contributed by atoms with Crippen LogP contribution in [0.2, 0.25) is 0 Å².